The number of hydrogen-bond acceptors (Lipinski definition) is 3. The molecule has 0 saturated heterocycles. The molecule has 1 amide bonds. The van der Waals surface area contributed by atoms with Crippen LogP contribution in [0.1, 0.15) is 30.0 Å². The minimum Gasteiger partial charge on any atom is -0.345 e. The van der Waals surface area contributed by atoms with E-state index in [0.717, 1.165) is 31.0 Å². The van der Waals surface area contributed by atoms with Crippen LogP contribution < -0.4 is 5.32 Å². The Hall–Kier alpha value is -2.34. The molecule has 2 aromatic rings. The van der Waals surface area contributed by atoms with Gasteiger partial charge in [0, 0.05) is 29.9 Å². The number of aromatic nitrogens is 1. The van der Waals surface area contributed by atoms with Crippen LogP contribution in [0.4, 0.5) is 8.78 Å². The van der Waals surface area contributed by atoms with Crippen molar-refractivity contribution in [1.29, 1.82) is 0 Å². The van der Waals surface area contributed by atoms with E-state index in [1.54, 1.807) is 24.5 Å². The van der Waals surface area contributed by atoms with Gasteiger partial charge in [0.05, 0.1) is 6.04 Å². The van der Waals surface area contributed by atoms with Crippen LogP contribution in [0.3, 0.4) is 0 Å². The number of halogens is 2. The third kappa shape index (κ3) is 3.85. The van der Waals surface area contributed by atoms with Gasteiger partial charge < -0.3 is 10.2 Å². The smallest absolute Gasteiger partial charge is 0.223 e. The Bertz CT molecular complexity index is 746. The molecule has 1 N–H and O–H groups in total. The fourth-order valence-corrected chi connectivity index (χ4v) is 3.12. The van der Waals surface area contributed by atoms with Gasteiger partial charge in [-0.1, -0.05) is 0 Å². The van der Waals surface area contributed by atoms with Gasteiger partial charge in [-0.3, -0.25) is 9.78 Å². The molecular formula is C19H21F2N3O. The number of hydrogen-bond donors (Lipinski definition) is 1. The predicted molar refractivity (Wildman–Crippen MR) is 90.8 cm³/mol. The average molecular weight is 345 g/mol. The molecule has 1 saturated carbocycles. The zero-order valence-corrected chi connectivity index (χ0v) is 14.2. The van der Waals surface area contributed by atoms with Gasteiger partial charge in [0.2, 0.25) is 5.91 Å². The molecule has 0 aliphatic heterocycles. The molecule has 4 nitrogen and oxygen atoms in total. The van der Waals surface area contributed by atoms with E-state index < -0.39 is 17.7 Å². The Balaban J connectivity index is 1.83. The van der Waals surface area contributed by atoms with Gasteiger partial charge in [-0.15, -0.1) is 0 Å². The van der Waals surface area contributed by atoms with Gasteiger partial charge in [0.15, 0.2) is 0 Å². The summed E-state index contributed by atoms with van der Waals surface area (Å²) in [6.07, 6.45) is 4.68. The van der Waals surface area contributed by atoms with Crippen LogP contribution in [0, 0.1) is 17.6 Å². The van der Waals surface area contributed by atoms with Crippen LogP contribution in [0.2, 0.25) is 0 Å². The van der Waals surface area contributed by atoms with Crippen molar-refractivity contribution in [1.82, 2.24) is 15.2 Å². The fraction of sp³-hybridized carbons (Fsp3) is 0.368. The summed E-state index contributed by atoms with van der Waals surface area (Å²) >= 11 is 0. The monoisotopic (exact) mass is 345 g/mol. The van der Waals surface area contributed by atoms with Crippen LogP contribution in [-0.2, 0) is 4.79 Å². The van der Waals surface area contributed by atoms with E-state index in [0.29, 0.717) is 11.6 Å². The highest BCUT2D eigenvalue weighted by Gasteiger charge is 2.36. The first-order valence-corrected chi connectivity index (χ1v) is 8.27. The lowest BCUT2D eigenvalue weighted by molar-refractivity contribution is -0.129. The molecule has 1 atom stereocenters. The Labute approximate surface area is 145 Å². The van der Waals surface area contributed by atoms with E-state index in [1.165, 1.54) is 0 Å². The summed E-state index contributed by atoms with van der Waals surface area (Å²) in [5.74, 6) is -1.33. The standard InChI is InChI=1S/C19H21F2N3O/c1-24(2)15-9-13(10-15)19(25)23-18(12-5-7-22-8-6-12)16-11-14(20)3-4-17(16)21/h3-8,11,13,15,18H,9-10H2,1-2H3,(H,23,25). The highest BCUT2D eigenvalue weighted by Crippen LogP contribution is 2.32. The maximum atomic E-state index is 14.3. The predicted octanol–water partition coefficient (Wildman–Crippen LogP) is 2.91. The Kier molecular flexibility index (Phi) is 5.08. The Morgan fingerprint density at radius 3 is 2.52 bits per heavy atom. The van der Waals surface area contributed by atoms with Gasteiger partial charge in [-0.25, -0.2) is 8.78 Å². The SMILES string of the molecule is CN(C)C1CC(C(=O)NC(c2ccncc2)c2cc(F)ccc2F)C1. The van der Waals surface area contributed by atoms with Crippen molar-refractivity contribution in [2.75, 3.05) is 14.1 Å². The maximum absolute atomic E-state index is 14.3. The largest absolute Gasteiger partial charge is 0.345 e. The number of nitrogens with one attached hydrogen (secondary N) is 1. The Morgan fingerprint density at radius 2 is 1.88 bits per heavy atom. The third-order valence-electron chi connectivity index (χ3n) is 4.81. The van der Waals surface area contributed by atoms with E-state index in [1.807, 2.05) is 14.1 Å². The molecule has 1 unspecified atom stereocenters. The average Bonchev–Trinajstić information content (AvgIpc) is 2.54. The first-order chi connectivity index (χ1) is 12.0. The molecule has 1 fully saturated rings. The normalized spacial score (nSPS) is 20.8. The number of benzene rings is 1. The number of rotatable bonds is 5. The van der Waals surface area contributed by atoms with Gasteiger partial charge in [0.1, 0.15) is 11.6 Å². The third-order valence-corrected chi connectivity index (χ3v) is 4.81. The molecule has 1 aromatic carbocycles. The summed E-state index contributed by atoms with van der Waals surface area (Å²) in [6, 6.07) is 6.31. The van der Waals surface area contributed by atoms with Gasteiger partial charge >= 0.3 is 0 Å². The lowest BCUT2D eigenvalue weighted by atomic mass is 9.78. The van der Waals surface area contributed by atoms with E-state index in [2.05, 4.69) is 15.2 Å². The Morgan fingerprint density at radius 1 is 1.20 bits per heavy atom. The highest BCUT2D eigenvalue weighted by molar-refractivity contribution is 5.80. The summed E-state index contributed by atoms with van der Waals surface area (Å²) in [6.45, 7) is 0. The molecule has 0 spiro atoms. The van der Waals surface area contributed by atoms with Crippen molar-refractivity contribution in [2.45, 2.75) is 24.9 Å². The van der Waals surface area contributed by atoms with Crippen molar-refractivity contribution in [3.05, 3.63) is 65.5 Å². The fourth-order valence-electron chi connectivity index (χ4n) is 3.12. The minimum atomic E-state index is -0.746. The zero-order chi connectivity index (χ0) is 18.0. The van der Waals surface area contributed by atoms with Crippen LogP contribution in [0.15, 0.2) is 42.7 Å². The lowest BCUT2D eigenvalue weighted by Gasteiger charge is -2.39. The molecule has 1 aromatic heterocycles. The summed E-state index contributed by atoms with van der Waals surface area (Å²) in [4.78, 5) is 18.6. The van der Waals surface area contributed by atoms with E-state index in [9.17, 15) is 13.6 Å². The molecule has 1 aliphatic rings. The topological polar surface area (TPSA) is 45.2 Å². The van der Waals surface area contributed by atoms with Crippen LogP contribution in [0.5, 0.6) is 0 Å². The molecule has 1 heterocycles. The quantitative estimate of drug-likeness (QED) is 0.906. The summed E-state index contributed by atoms with van der Waals surface area (Å²) in [5, 5.41) is 2.89. The first kappa shape index (κ1) is 17.5. The second kappa shape index (κ2) is 7.27. The number of carbonyl (C=O) groups is 1. The molecule has 6 heteroatoms. The van der Waals surface area contributed by atoms with Crippen LogP contribution >= 0.6 is 0 Å². The molecule has 3 rings (SSSR count). The molecule has 1 aliphatic carbocycles. The summed E-state index contributed by atoms with van der Waals surface area (Å²) in [7, 11) is 3.97. The second-order valence-corrected chi connectivity index (χ2v) is 6.67. The second-order valence-electron chi connectivity index (χ2n) is 6.67. The van der Waals surface area contributed by atoms with Gasteiger partial charge in [-0.2, -0.15) is 0 Å². The maximum Gasteiger partial charge on any atom is 0.223 e. The number of amides is 1. The number of carbonyl (C=O) groups excluding carboxylic acids is 1. The van der Waals surface area contributed by atoms with Crippen LogP contribution in [0.25, 0.3) is 0 Å². The molecule has 25 heavy (non-hydrogen) atoms. The van der Waals surface area contributed by atoms with Gasteiger partial charge in [0.25, 0.3) is 0 Å². The molecule has 132 valence electrons. The van der Waals surface area contributed by atoms with E-state index in [4.69, 9.17) is 0 Å². The summed E-state index contributed by atoms with van der Waals surface area (Å²) in [5.41, 5.74) is 0.777. The number of pyridine rings is 1. The van der Waals surface area contributed by atoms with Gasteiger partial charge in [-0.05, 0) is 62.8 Å². The number of nitrogens with zero attached hydrogens (tertiary/aromatic N) is 2. The van der Waals surface area contributed by atoms with Crippen molar-refractivity contribution >= 4 is 5.91 Å². The highest BCUT2D eigenvalue weighted by atomic mass is 19.1. The van der Waals surface area contributed by atoms with E-state index >= 15 is 0 Å². The van der Waals surface area contributed by atoms with Crippen LogP contribution in [-0.4, -0.2) is 35.9 Å². The van der Waals surface area contributed by atoms with Crippen molar-refractivity contribution in [3.63, 3.8) is 0 Å². The summed E-state index contributed by atoms with van der Waals surface area (Å²) < 4.78 is 27.9. The lowest BCUT2D eigenvalue weighted by Crippen LogP contribution is -2.47. The van der Waals surface area contributed by atoms with Crippen molar-refractivity contribution in [2.24, 2.45) is 5.92 Å². The zero-order valence-electron chi connectivity index (χ0n) is 14.2. The molecule has 0 bridgehead atoms. The van der Waals surface area contributed by atoms with E-state index in [-0.39, 0.29) is 17.4 Å². The first-order valence-electron chi connectivity index (χ1n) is 8.27. The van der Waals surface area contributed by atoms with Crippen molar-refractivity contribution < 1.29 is 13.6 Å². The molecule has 0 radical (unpaired) electrons. The molecular weight excluding hydrogens is 324 g/mol. The van der Waals surface area contributed by atoms with Crippen molar-refractivity contribution in [3.8, 4) is 0 Å². The minimum absolute atomic E-state index is 0.103.